The molecule has 1 fully saturated rings. The molecule has 43 heavy (non-hydrogen) atoms. The highest BCUT2D eigenvalue weighted by molar-refractivity contribution is 7.16. The van der Waals surface area contributed by atoms with Crippen LogP contribution in [0, 0.1) is 17.1 Å². The van der Waals surface area contributed by atoms with Gasteiger partial charge >= 0.3 is 0 Å². The number of nitriles is 1. The minimum Gasteiger partial charge on any atom is -0.369 e. The number of carbonyl (C=O) groups is 1. The molecule has 1 amide bonds. The second-order valence-corrected chi connectivity index (χ2v) is 11.2. The van der Waals surface area contributed by atoms with Gasteiger partial charge < -0.3 is 15.5 Å². The number of hydrogen-bond donors (Lipinski definition) is 1. The molecular formula is C30H29FN10OS. The Morgan fingerprint density at radius 1 is 1.05 bits per heavy atom. The van der Waals surface area contributed by atoms with Crippen LogP contribution in [0.25, 0.3) is 28.0 Å². The first-order chi connectivity index (χ1) is 20.8. The number of nitrogens with zero attached hydrogens (tertiary/aromatic N) is 9. The topological polar surface area (TPSA) is 133 Å². The van der Waals surface area contributed by atoms with E-state index in [4.69, 9.17) is 15.7 Å². The highest BCUT2D eigenvalue weighted by Gasteiger charge is 2.23. The number of fused-ring (bicyclic) bond motifs is 1. The maximum atomic E-state index is 13.5. The van der Waals surface area contributed by atoms with E-state index in [0.717, 1.165) is 54.5 Å². The molecule has 0 radical (unpaired) electrons. The van der Waals surface area contributed by atoms with Crippen molar-refractivity contribution in [3.63, 3.8) is 0 Å². The molecule has 0 spiro atoms. The molecule has 2 N–H and O–H groups in total. The molecule has 5 aromatic rings. The molecule has 0 unspecified atom stereocenters. The number of anilines is 3. The number of benzene rings is 1. The molecule has 1 aromatic carbocycles. The Bertz CT molecular complexity index is 1820. The van der Waals surface area contributed by atoms with Gasteiger partial charge in [-0.25, -0.2) is 24.3 Å². The van der Waals surface area contributed by atoms with Crippen molar-refractivity contribution in [1.29, 1.82) is 5.26 Å². The number of piperazine rings is 1. The number of hydrogen-bond acceptors (Lipinski definition) is 10. The van der Waals surface area contributed by atoms with Gasteiger partial charge in [-0.1, -0.05) is 18.3 Å². The summed E-state index contributed by atoms with van der Waals surface area (Å²) in [6.07, 6.45) is 6.33. The Balaban J connectivity index is 1.29. The molecule has 4 aromatic heterocycles. The fraction of sp³-hybridized carbons (Fsp3) is 0.267. The molecule has 1 aliphatic heterocycles. The van der Waals surface area contributed by atoms with Gasteiger partial charge in [0.2, 0.25) is 11.9 Å². The lowest BCUT2D eigenvalue weighted by atomic mass is 10.1. The van der Waals surface area contributed by atoms with Gasteiger partial charge in [0, 0.05) is 68.5 Å². The highest BCUT2D eigenvalue weighted by Crippen LogP contribution is 2.37. The summed E-state index contributed by atoms with van der Waals surface area (Å²) < 4.78 is 15.5. The molecule has 1 aliphatic rings. The van der Waals surface area contributed by atoms with Gasteiger partial charge in [0.05, 0.1) is 12.2 Å². The molecular weight excluding hydrogens is 567 g/mol. The van der Waals surface area contributed by atoms with Gasteiger partial charge in [0.25, 0.3) is 0 Å². The third-order valence-corrected chi connectivity index (χ3v) is 8.48. The SMILES string of the molecule is CCc1nc2ccc(-c3cnc(N4CCN(CC(N)=O)CC4)nc3)cn2c1N(C)c1nc(-c2ccc(F)cc2)c(C#N)s1. The second-order valence-electron chi connectivity index (χ2n) is 10.2. The van der Waals surface area contributed by atoms with E-state index in [1.165, 1.54) is 23.5 Å². The third-order valence-electron chi connectivity index (χ3n) is 7.44. The van der Waals surface area contributed by atoms with Gasteiger partial charge in [-0.15, -0.1) is 0 Å². The number of pyridine rings is 1. The lowest BCUT2D eigenvalue weighted by Crippen LogP contribution is -2.49. The number of halogens is 1. The Kier molecular flexibility index (Phi) is 7.71. The van der Waals surface area contributed by atoms with Gasteiger partial charge in [0.15, 0.2) is 5.13 Å². The maximum absolute atomic E-state index is 13.5. The first-order valence-electron chi connectivity index (χ1n) is 13.8. The van der Waals surface area contributed by atoms with Crippen molar-refractivity contribution in [2.75, 3.05) is 49.6 Å². The van der Waals surface area contributed by atoms with E-state index in [-0.39, 0.29) is 18.3 Å². The van der Waals surface area contributed by atoms with Crippen molar-refractivity contribution < 1.29 is 9.18 Å². The van der Waals surface area contributed by atoms with Crippen LogP contribution in [0.2, 0.25) is 0 Å². The van der Waals surface area contributed by atoms with Crippen molar-refractivity contribution in [2.24, 2.45) is 5.73 Å². The van der Waals surface area contributed by atoms with E-state index in [1.807, 2.05) is 58.9 Å². The van der Waals surface area contributed by atoms with E-state index in [1.54, 1.807) is 12.1 Å². The second kappa shape index (κ2) is 11.7. The average Bonchev–Trinajstić information content (AvgIpc) is 3.63. The van der Waals surface area contributed by atoms with Crippen LogP contribution in [0.5, 0.6) is 0 Å². The molecule has 13 heteroatoms. The molecule has 5 heterocycles. The summed E-state index contributed by atoms with van der Waals surface area (Å²) in [5, 5.41) is 10.4. The van der Waals surface area contributed by atoms with Crippen LogP contribution in [0.1, 0.15) is 17.5 Å². The van der Waals surface area contributed by atoms with E-state index >= 15 is 0 Å². The Morgan fingerprint density at radius 2 is 1.74 bits per heavy atom. The van der Waals surface area contributed by atoms with Crippen LogP contribution in [-0.2, 0) is 11.2 Å². The number of imidazole rings is 1. The summed E-state index contributed by atoms with van der Waals surface area (Å²) in [6, 6.07) is 12.2. The first-order valence-corrected chi connectivity index (χ1v) is 14.7. The van der Waals surface area contributed by atoms with E-state index < -0.39 is 0 Å². The lowest BCUT2D eigenvalue weighted by Gasteiger charge is -2.33. The quantitative estimate of drug-likeness (QED) is 0.284. The number of thiazole rings is 1. The van der Waals surface area contributed by atoms with Crippen molar-refractivity contribution in [2.45, 2.75) is 13.3 Å². The average molecular weight is 597 g/mol. The van der Waals surface area contributed by atoms with E-state index in [0.29, 0.717) is 33.6 Å². The Hall–Kier alpha value is -4.93. The van der Waals surface area contributed by atoms with Crippen LogP contribution >= 0.6 is 11.3 Å². The number of amides is 1. The fourth-order valence-electron chi connectivity index (χ4n) is 5.23. The van der Waals surface area contributed by atoms with Gasteiger partial charge in [-0.2, -0.15) is 5.26 Å². The van der Waals surface area contributed by atoms with E-state index in [2.05, 4.69) is 20.9 Å². The van der Waals surface area contributed by atoms with Gasteiger partial charge in [-0.05, 0) is 42.8 Å². The zero-order valence-electron chi connectivity index (χ0n) is 23.7. The molecule has 11 nitrogen and oxygen atoms in total. The molecule has 0 atom stereocenters. The van der Waals surface area contributed by atoms with Crippen LogP contribution in [-0.4, -0.2) is 74.9 Å². The smallest absolute Gasteiger partial charge is 0.231 e. The predicted molar refractivity (Wildman–Crippen MR) is 164 cm³/mol. The zero-order chi connectivity index (χ0) is 30.1. The molecule has 0 saturated carbocycles. The highest BCUT2D eigenvalue weighted by atomic mass is 32.1. The summed E-state index contributed by atoms with van der Waals surface area (Å²) in [6.45, 7) is 5.20. The Morgan fingerprint density at radius 3 is 2.40 bits per heavy atom. The summed E-state index contributed by atoms with van der Waals surface area (Å²) in [7, 11) is 1.91. The van der Waals surface area contributed by atoms with Crippen molar-refractivity contribution in [3.8, 4) is 28.5 Å². The largest absolute Gasteiger partial charge is 0.369 e. The standard InChI is InChI=1S/C30H29FN10OS/c1-3-23-28(38(2)30-37-27(24(14-32)43-30)19-4-7-22(31)8-5-19)41-17-20(6-9-26(41)36-23)21-15-34-29(35-16-21)40-12-10-39(11-13-40)18-25(33)42/h4-9,15-17H,3,10-13,18H2,1-2H3,(H2,33,42). The summed E-state index contributed by atoms with van der Waals surface area (Å²) in [4.78, 5) is 36.6. The van der Waals surface area contributed by atoms with Crippen LogP contribution in [0.3, 0.4) is 0 Å². The molecule has 218 valence electrons. The molecule has 1 saturated heterocycles. The maximum Gasteiger partial charge on any atom is 0.231 e. The summed E-state index contributed by atoms with van der Waals surface area (Å²) in [5.74, 6) is 0.824. The number of nitrogens with two attached hydrogens (primary N) is 1. The van der Waals surface area contributed by atoms with Crippen LogP contribution in [0.15, 0.2) is 55.0 Å². The Labute approximate surface area is 251 Å². The number of rotatable bonds is 8. The predicted octanol–water partition coefficient (Wildman–Crippen LogP) is 3.86. The normalized spacial score (nSPS) is 13.8. The van der Waals surface area contributed by atoms with Crippen LogP contribution < -0.4 is 15.5 Å². The van der Waals surface area contributed by atoms with Crippen molar-refractivity contribution >= 4 is 39.8 Å². The van der Waals surface area contributed by atoms with Crippen molar-refractivity contribution in [1.82, 2.24) is 29.2 Å². The molecule has 0 aliphatic carbocycles. The number of aryl methyl sites for hydroxylation is 1. The third kappa shape index (κ3) is 5.62. The summed E-state index contributed by atoms with van der Waals surface area (Å²) in [5.41, 5.74) is 9.98. The zero-order valence-corrected chi connectivity index (χ0v) is 24.6. The van der Waals surface area contributed by atoms with Crippen molar-refractivity contribution in [3.05, 3.63) is 71.4 Å². The monoisotopic (exact) mass is 596 g/mol. The molecule has 0 bridgehead atoms. The number of primary amides is 1. The summed E-state index contributed by atoms with van der Waals surface area (Å²) >= 11 is 1.28. The fourth-order valence-corrected chi connectivity index (χ4v) is 6.07. The molecule has 6 rings (SSSR count). The minimum atomic E-state index is -0.344. The number of carbonyl (C=O) groups excluding carboxylic acids is 1. The van der Waals surface area contributed by atoms with Gasteiger partial charge in [0.1, 0.15) is 33.9 Å². The van der Waals surface area contributed by atoms with E-state index in [9.17, 15) is 14.4 Å². The van der Waals surface area contributed by atoms with Gasteiger partial charge in [-0.3, -0.25) is 14.1 Å². The number of aromatic nitrogens is 5. The minimum absolute atomic E-state index is 0.263. The lowest BCUT2D eigenvalue weighted by molar-refractivity contribution is -0.119. The van der Waals surface area contributed by atoms with Crippen LogP contribution in [0.4, 0.5) is 21.3 Å². The first kappa shape index (κ1) is 28.2.